The molecular formula is C31H41N5O7. The van der Waals surface area contributed by atoms with Crippen molar-refractivity contribution in [3.63, 3.8) is 0 Å². The molecule has 0 radical (unpaired) electrons. The number of amides is 4. The maximum atomic E-state index is 14.0. The molecule has 0 saturated carbocycles. The number of esters is 1. The lowest BCUT2D eigenvalue weighted by atomic mass is 9.91. The summed E-state index contributed by atoms with van der Waals surface area (Å²) in [6.07, 6.45) is 3.20. The van der Waals surface area contributed by atoms with Gasteiger partial charge in [-0.25, -0.2) is 4.79 Å². The van der Waals surface area contributed by atoms with Gasteiger partial charge >= 0.3 is 5.97 Å². The third-order valence-corrected chi connectivity index (χ3v) is 9.10. The second-order valence-electron chi connectivity index (χ2n) is 12.1. The number of carbonyl (C=O) groups is 6. The molecule has 1 aromatic rings. The monoisotopic (exact) mass is 595 g/mol. The van der Waals surface area contributed by atoms with Crippen LogP contribution in [0.5, 0.6) is 0 Å². The van der Waals surface area contributed by atoms with Crippen molar-refractivity contribution in [2.24, 2.45) is 5.92 Å². The first kappa shape index (κ1) is 30.7. The first-order valence-corrected chi connectivity index (χ1v) is 15.4. The quantitative estimate of drug-likeness (QED) is 0.378. The Morgan fingerprint density at radius 2 is 1.49 bits per heavy atom. The number of carbonyl (C=O) groups excluding carboxylic acids is 6. The van der Waals surface area contributed by atoms with Crippen LogP contribution >= 0.6 is 0 Å². The predicted octanol–water partition coefficient (Wildman–Crippen LogP) is 0.498. The van der Waals surface area contributed by atoms with Crippen molar-refractivity contribution in [1.82, 2.24) is 25.3 Å². The Kier molecular flexibility index (Phi) is 9.43. The Bertz CT molecular complexity index is 1260. The molecule has 6 atom stereocenters. The minimum Gasteiger partial charge on any atom is -0.462 e. The Labute approximate surface area is 251 Å². The molecule has 4 heterocycles. The lowest BCUT2D eigenvalue weighted by molar-refractivity contribution is -0.158. The highest BCUT2D eigenvalue weighted by Crippen LogP contribution is 2.28. The fourth-order valence-corrected chi connectivity index (χ4v) is 6.65. The minimum absolute atomic E-state index is 0.178. The fourth-order valence-electron chi connectivity index (χ4n) is 6.65. The average molecular weight is 596 g/mol. The van der Waals surface area contributed by atoms with E-state index in [0.29, 0.717) is 57.3 Å². The molecule has 0 aromatic heterocycles. The molecule has 4 saturated heterocycles. The zero-order valence-electron chi connectivity index (χ0n) is 24.8. The molecule has 43 heavy (non-hydrogen) atoms. The van der Waals surface area contributed by atoms with Crippen LogP contribution in [0, 0.1) is 5.92 Å². The Morgan fingerprint density at radius 1 is 0.837 bits per heavy atom. The lowest BCUT2D eigenvalue weighted by Crippen LogP contribution is -2.61. The number of hydrogen-bond donors (Lipinski definition) is 2. The van der Waals surface area contributed by atoms with Gasteiger partial charge in [-0.05, 0) is 51.4 Å². The number of benzene rings is 1. The normalized spacial score (nSPS) is 30.8. The highest BCUT2D eigenvalue weighted by atomic mass is 16.5. The number of nitrogens with one attached hydrogen (secondary N) is 2. The van der Waals surface area contributed by atoms with Gasteiger partial charge in [0, 0.05) is 25.2 Å². The second kappa shape index (κ2) is 13.2. The SMILES string of the molecule is CC1CCN2C(=O)[C@@H]3CCCN3C(=O)[C@@H](NCC(=O)c3ccccc3)COC(=O)[C@@H]3CCCN3C(=O)[C@H](C)NC(=O)[C@@H]2C1. The predicted molar refractivity (Wildman–Crippen MR) is 154 cm³/mol. The van der Waals surface area contributed by atoms with E-state index in [9.17, 15) is 28.8 Å². The molecule has 0 aliphatic carbocycles. The number of rotatable bonds is 4. The van der Waals surface area contributed by atoms with E-state index in [1.165, 1.54) is 9.80 Å². The van der Waals surface area contributed by atoms with E-state index < -0.39 is 53.9 Å². The van der Waals surface area contributed by atoms with Gasteiger partial charge in [0.15, 0.2) is 5.78 Å². The zero-order valence-corrected chi connectivity index (χ0v) is 24.8. The number of nitrogens with zero attached hydrogens (tertiary/aromatic N) is 3. The molecule has 12 nitrogen and oxygen atoms in total. The largest absolute Gasteiger partial charge is 0.462 e. The Morgan fingerprint density at radius 3 is 2.21 bits per heavy atom. The number of hydrogen-bond acceptors (Lipinski definition) is 8. The van der Waals surface area contributed by atoms with Crippen LogP contribution < -0.4 is 10.6 Å². The van der Waals surface area contributed by atoms with E-state index in [4.69, 9.17) is 4.74 Å². The van der Waals surface area contributed by atoms with E-state index in [1.54, 1.807) is 42.2 Å². The summed E-state index contributed by atoms with van der Waals surface area (Å²) in [6, 6.07) is 4.29. The Balaban J connectivity index is 1.44. The summed E-state index contributed by atoms with van der Waals surface area (Å²) in [5.41, 5.74) is 0.472. The van der Waals surface area contributed by atoms with Crippen LogP contribution in [0.2, 0.25) is 0 Å². The molecule has 5 rings (SSSR count). The molecule has 0 spiro atoms. The third kappa shape index (κ3) is 6.58. The molecule has 4 aliphatic heterocycles. The fraction of sp³-hybridized carbons (Fsp3) is 0.613. The van der Waals surface area contributed by atoms with E-state index in [0.717, 1.165) is 6.42 Å². The summed E-state index contributed by atoms with van der Waals surface area (Å²) in [6.45, 7) is 4.12. The van der Waals surface area contributed by atoms with Gasteiger partial charge in [0.2, 0.25) is 23.6 Å². The van der Waals surface area contributed by atoms with Crippen molar-refractivity contribution in [3.05, 3.63) is 35.9 Å². The van der Waals surface area contributed by atoms with E-state index in [1.807, 2.05) is 6.92 Å². The highest BCUT2D eigenvalue weighted by Gasteiger charge is 2.45. The summed E-state index contributed by atoms with van der Waals surface area (Å²) < 4.78 is 5.62. The van der Waals surface area contributed by atoms with E-state index in [-0.39, 0.29) is 30.8 Å². The molecular weight excluding hydrogens is 554 g/mol. The van der Waals surface area contributed by atoms with Crippen molar-refractivity contribution in [1.29, 1.82) is 0 Å². The van der Waals surface area contributed by atoms with Gasteiger partial charge in [-0.2, -0.15) is 0 Å². The maximum absolute atomic E-state index is 14.0. The van der Waals surface area contributed by atoms with E-state index >= 15 is 0 Å². The van der Waals surface area contributed by atoms with Crippen molar-refractivity contribution in [2.45, 2.75) is 82.6 Å². The van der Waals surface area contributed by atoms with Crippen LogP contribution in [0.25, 0.3) is 0 Å². The molecule has 2 N–H and O–H groups in total. The molecule has 12 heteroatoms. The maximum Gasteiger partial charge on any atom is 0.328 e. The molecule has 4 aliphatic rings. The summed E-state index contributed by atoms with van der Waals surface area (Å²) in [5.74, 6) is -2.25. The number of Topliss-reactive ketones (excluding diaryl/α,β-unsaturated/α-hetero) is 1. The number of cyclic esters (lactones) is 1. The van der Waals surface area contributed by atoms with Gasteiger partial charge in [0.05, 0.1) is 6.54 Å². The molecule has 1 unspecified atom stereocenters. The summed E-state index contributed by atoms with van der Waals surface area (Å²) in [4.78, 5) is 85.4. The first-order valence-electron chi connectivity index (χ1n) is 15.4. The topological polar surface area (TPSA) is 145 Å². The van der Waals surface area contributed by atoms with Crippen LogP contribution in [0.3, 0.4) is 0 Å². The van der Waals surface area contributed by atoms with Gasteiger partial charge in [-0.15, -0.1) is 0 Å². The van der Waals surface area contributed by atoms with Gasteiger partial charge < -0.3 is 24.8 Å². The number of ether oxygens (including phenoxy) is 1. The smallest absolute Gasteiger partial charge is 0.328 e. The standard InChI is InChI=1S/C31H41N5O7/c1-19-12-15-36-25(16-19)27(38)33-20(2)28(39)35-14-7-11-24(35)31(42)43-18-22(29(40)34-13-6-10-23(34)30(36)41)32-17-26(37)21-8-4-3-5-9-21/h3-5,8-9,19-20,22-25,32H,6-7,10-18H2,1-2H3,(H,33,38)/t19?,20-,22-,23-,24-,25-/m0/s1. The highest BCUT2D eigenvalue weighted by molar-refractivity contribution is 5.99. The van der Waals surface area contributed by atoms with Gasteiger partial charge in [-0.3, -0.25) is 29.3 Å². The lowest BCUT2D eigenvalue weighted by Gasteiger charge is -2.41. The zero-order chi connectivity index (χ0) is 30.7. The number of fused-ring (bicyclic) bond motifs is 3. The number of piperidine rings is 1. The van der Waals surface area contributed by atoms with Crippen LogP contribution in [-0.2, 0) is 28.7 Å². The van der Waals surface area contributed by atoms with E-state index in [2.05, 4.69) is 10.6 Å². The van der Waals surface area contributed by atoms with Gasteiger partial charge in [0.1, 0.15) is 36.8 Å². The first-order chi connectivity index (χ1) is 20.7. The summed E-state index contributed by atoms with van der Waals surface area (Å²) in [5, 5.41) is 5.77. The molecule has 232 valence electrons. The minimum atomic E-state index is -1.08. The number of ketones is 1. The molecule has 4 fully saturated rings. The van der Waals surface area contributed by atoms with Crippen molar-refractivity contribution in [2.75, 3.05) is 32.8 Å². The summed E-state index contributed by atoms with van der Waals surface area (Å²) in [7, 11) is 0. The van der Waals surface area contributed by atoms with Crippen molar-refractivity contribution < 1.29 is 33.5 Å². The third-order valence-electron chi connectivity index (χ3n) is 9.10. The van der Waals surface area contributed by atoms with Crippen molar-refractivity contribution in [3.8, 4) is 0 Å². The molecule has 1 aromatic carbocycles. The summed E-state index contributed by atoms with van der Waals surface area (Å²) >= 11 is 0. The van der Waals surface area contributed by atoms with Gasteiger partial charge in [-0.1, -0.05) is 37.3 Å². The molecule has 4 amide bonds. The van der Waals surface area contributed by atoms with Crippen LogP contribution in [0.1, 0.15) is 62.7 Å². The molecule has 0 bridgehead atoms. The van der Waals surface area contributed by atoms with Crippen LogP contribution in [0.15, 0.2) is 30.3 Å². The average Bonchev–Trinajstić information content (AvgIpc) is 3.70. The van der Waals surface area contributed by atoms with Crippen LogP contribution in [-0.4, -0.2) is 113 Å². The van der Waals surface area contributed by atoms with Gasteiger partial charge in [0.25, 0.3) is 0 Å². The second-order valence-corrected chi connectivity index (χ2v) is 12.1. The van der Waals surface area contributed by atoms with Crippen LogP contribution in [0.4, 0.5) is 0 Å². The van der Waals surface area contributed by atoms with Crippen molar-refractivity contribution >= 4 is 35.4 Å². The Hall–Kier alpha value is -3.80.